The summed E-state index contributed by atoms with van der Waals surface area (Å²) in [5.41, 5.74) is 2.68. The number of phenols is 2. The van der Waals surface area contributed by atoms with E-state index in [1.807, 2.05) is 36.2 Å². The lowest BCUT2D eigenvalue weighted by Crippen LogP contribution is -2.37. The number of nitrogens with zero attached hydrogens (tertiary/aromatic N) is 2. The van der Waals surface area contributed by atoms with Crippen LogP contribution >= 0.6 is 0 Å². The highest BCUT2D eigenvalue weighted by atomic mass is 16.6. The topological polar surface area (TPSA) is 86.8 Å². The predicted octanol–water partition coefficient (Wildman–Crippen LogP) is 2.68. The van der Waals surface area contributed by atoms with Crippen LogP contribution in [0.1, 0.15) is 22.6 Å². The Morgan fingerprint density at radius 2 is 1.83 bits per heavy atom. The Labute approximate surface area is 132 Å². The number of nitro groups is 1. The van der Waals surface area contributed by atoms with Crippen molar-refractivity contribution in [3.8, 4) is 11.5 Å². The van der Waals surface area contributed by atoms with E-state index in [9.17, 15) is 20.3 Å². The van der Waals surface area contributed by atoms with Crippen molar-refractivity contribution in [2.75, 3.05) is 11.9 Å². The second-order valence-corrected chi connectivity index (χ2v) is 5.85. The molecule has 0 bridgehead atoms. The van der Waals surface area contributed by atoms with E-state index < -0.39 is 11.0 Å². The van der Waals surface area contributed by atoms with E-state index >= 15 is 0 Å². The number of benzene rings is 2. The van der Waals surface area contributed by atoms with Crippen LogP contribution in [0.4, 0.5) is 5.69 Å². The summed E-state index contributed by atoms with van der Waals surface area (Å²) in [6, 6.07) is 9.84. The highest BCUT2D eigenvalue weighted by Crippen LogP contribution is 2.53. The first-order chi connectivity index (χ1) is 11.0. The third kappa shape index (κ3) is 1.69. The minimum atomic E-state index is -0.511. The SMILES string of the molecule is CN1c2ccccc2[C@@H]2c3c(O)ccc(O)c3C=C([N+](=O)[O-])[C@@H]21. The predicted molar refractivity (Wildman–Crippen MR) is 85.2 cm³/mol. The molecule has 0 aromatic heterocycles. The molecule has 0 amide bonds. The molecule has 0 fully saturated rings. The van der Waals surface area contributed by atoms with E-state index in [4.69, 9.17) is 0 Å². The largest absolute Gasteiger partial charge is 0.508 e. The van der Waals surface area contributed by atoms with Gasteiger partial charge >= 0.3 is 0 Å². The van der Waals surface area contributed by atoms with Gasteiger partial charge in [-0.25, -0.2) is 0 Å². The summed E-state index contributed by atoms with van der Waals surface area (Å²) < 4.78 is 0. The number of hydrogen-bond donors (Lipinski definition) is 2. The molecule has 0 saturated carbocycles. The molecule has 0 saturated heterocycles. The van der Waals surface area contributed by atoms with Crippen LogP contribution in [0.25, 0.3) is 6.08 Å². The van der Waals surface area contributed by atoms with Gasteiger partial charge in [-0.05, 0) is 23.8 Å². The molecule has 0 unspecified atom stereocenters. The number of fused-ring (bicyclic) bond motifs is 5. The lowest BCUT2D eigenvalue weighted by molar-refractivity contribution is -0.428. The number of phenolic OH excluding ortho intramolecular Hbond substituents is 2. The number of aromatic hydroxyl groups is 2. The van der Waals surface area contributed by atoms with Gasteiger partial charge in [-0.3, -0.25) is 10.1 Å². The maximum absolute atomic E-state index is 11.6. The molecule has 2 aromatic carbocycles. The van der Waals surface area contributed by atoms with Gasteiger partial charge < -0.3 is 15.1 Å². The molecule has 2 aromatic rings. The first-order valence-corrected chi connectivity index (χ1v) is 7.23. The summed E-state index contributed by atoms with van der Waals surface area (Å²) in [6.45, 7) is 0. The first kappa shape index (κ1) is 13.6. The molecular formula is C17H14N2O4. The van der Waals surface area contributed by atoms with Crippen molar-refractivity contribution < 1.29 is 15.1 Å². The second-order valence-electron chi connectivity index (χ2n) is 5.85. The van der Waals surface area contributed by atoms with Crippen LogP contribution in [0.3, 0.4) is 0 Å². The zero-order valence-corrected chi connectivity index (χ0v) is 12.3. The van der Waals surface area contributed by atoms with Gasteiger partial charge in [0, 0.05) is 35.9 Å². The molecular weight excluding hydrogens is 296 g/mol. The molecule has 0 spiro atoms. The van der Waals surface area contributed by atoms with Gasteiger partial charge in [0.15, 0.2) is 0 Å². The van der Waals surface area contributed by atoms with Gasteiger partial charge in [-0.2, -0.15) is 0 Å². The van der Waals surface area contributed by atoms with Crippen molar-refractivity contribution in [1.82, 2.24) is 0 Å². The number of hydrogen-bond acceptors (Lipinski definition) is 5. The van der Waals surface area contributed by atoms with Gasteiger partial charge in [0.2, 0.25) is 0 Å². The minimum Gasteiger partial charge on any atom is -0.508 e. The van der Waals surface area contributed by atoms with Crippen molar-refractivity contribution in [2.45, 2.75) is 12.0 Å². The van der Waals surface area contributed by atoms with Crippen molar-refractivity contribution in [3.05, 3.63) is 68.9 Å². The van der Waals surface area contributed by atoms with Crippen LogP contribution in [0, 0.1) is 10.1 Å². The van der Waals surface area contributed by atoms with Crippen LogP contribution < -0.4 is 4.90 Å². The Balaban J connectivity index is 2.08. The van der Waals surface area contributed by atoms with Gasteiger partial charge in [-0.1, -0.05) is 18.2 Å². The van der Waals surface area contributed by atoms with E-state index in [1.165, 1.54) is 18.2 Å². The monoisotopic (exact) mass is 310 g/mol. The van der Waals surface area contributed by atoms with Crippen LogP contribution in [0.15, 0.2) is 42.1 Å². The third-order valence-corrected chi connectivity index (χ3v) is 4.74. The zero-order chi connectivity index (χ0) is 16.3. The smallest absolute Gasteiger partial charge is 0.270 e. The average molecular weight is 310 g/mol. The molecule has 2 aliphatic rings. The van der Waals surface area contributed by atoms with Gasteiger partial charge in [0.1, 0.15) is 17.5 Å². The Kier molecular flexibility index (Phi) is 2.66. The van der Waals surface area contributed by atoms with Crippen LogP contribution in [-0.2, 0) is 0 Å². The highest BCUT2D eigenvalue weighted by molar-refractivity contribution is 5.77. The maximum atomic E-state index is 11.6. The lowest BCUT2D eigenvalue weighted by atomic mass is 9.79. The van der Waals surface area contributed by atoms with Gasteiger partial charge in [0.05, 0.1) is 4.92 Å². The molecule has 1 aliphatic heterocycles. The summed E-state index contributed by atoms with van der Waals surface area (Å²) in [5.74, 6) is -0.414. The third-order valence-electron chi connectivity index (χ3n) is 4.74. The van der Waals surface area contributed by atoms with Crippen molar-refractivity contribution in [2.24, 2.45) is 0 Å². The van der Waals surface area contributed by atoms with E-state index in [2.05, 4.69) is 0 Å². The van der Waals surface area contributed by atoms with E-state index in [0.717, 1.165) is 11.3 Å². The quantitative estimate of drug-likeness (QED) is 0.480. The summed E-state index contributed by atoms with van der Waals surface area (Å²) in [5, 5.41) is 32.0. The van der Waals surface area contributed by atoms with Crippen molar-refractivity contribution >= 4 is 11.8 Å². The first-order valence-electron chi connectivity index (χ1n) is 7.23. The zero-order valence-electron chi connectivity index (χ0n) is 12.3. The summed E-state index contributed by atoms with van der Waals surface area (Å²) in [4.78, 5) is 13.0. The molecule has 116 valence electrons. The Morgan fingerprint density at radius 1 is 1.13 bits per heavy atom. The number of rotatable bonds is 1. The maximum Gasteiger partial charge on any atom is 0.270 e. The minimum absolute atomic E-state index is 0.0158. The standard InChI is InChI=1S/C17H14N2O4/c1-18-11-5-3-2-4-9(11)16-15-10(13(20)6-7-14(15)21)8-12(17(16)18)19(22)23/h2-8,16-17,20-21H,1H3/t16-,17+/m1/s1. The fourth-order valence-corrected chi connectivity index (χ4v) is 3.78. The van der Waals surface area contributed by atoms with Crippen LogP contribution in [0.2, 0.25) is 0 Å². The van der Waals surface area contributed by atoms with Crippen molar-refractivity contribution in [1.29, 1.82) is 0 Å². The molecule has 0 radical (unpaired) electrons. The number of para-hydroxylation sites is 1. The Morgan fingerprint density at radius 3 is 2.57 bits per heavy atom. The number of likely N-dealkylation sites (N-methyl/N-ethyl adjacent to an activating group) is 1. The van der Waals surface area contributed by atoms with E-state index in [-0.39, 0.29) is 23.1 Å². The molecule has 23 heavy (non-hydrogen) atoms. The van der Waals surface area contributed by atoms with Gasteiger partial charge in [0.25, 0.3) is 5.70 Å². The van der Waals surface area contributed by atoms with Crippen LogP contribution in [0.5, 0.6) is 11.5 Å². The number of anilines is 1. The lowest BCUT2D eigenvalue weighted by Gasteiger charge is -2.29. The van der Waals surface area contributed by atoms with Crippen LogP contribution in [-0.4, -0.2) is 28.2 Å². The summed E-state index contributed by atoms with van der Waals surface area (Å²) in [6.07, 6.45) is 1.37. The van der Waals surface area contributed by atoms with E-state index in [0.29, 0.717) is 11.1 Å². The fraction of sp³-hybridized carbons (Fsp3) is 0.176. The molecule has 1 heterocycles. The Bertz CT molecular complexity index is 875. The Hall–Kier alpha value is -3.02. The highest BCUT2D eigenvalue weighted by Gasteiger charge is 2.49. The molecule has 2 N–H and O–H groups in total. The molecule has 4 rings (SSSR count). The van der Waals surface area contributed by atoms with Gasteiger partial charge in [-0.15, -0.1) is 0 Å². The normalized spacial score (nSPS) is 21.3. The second kappa shape index (κ2) is 4.49. The van der Waals surface area contributed by atoms with Crippen molar-refractivity contribution in [3.63, 3.8) is 0 Å². The van der Waals surface area contributed by atoms with E-state index in [1.54, 1.807) is 0 Å². The molecule has 1 aliphatic carbocycles. The molecule has 6 nitrogen and oxygen atoms in total. The molecule has 2 atom stereocenters. The fourth-order valence-electron chi connectivity index (χ4n) is 3.78. The summed E-state index contributed by atoms with van der Waals surface area (Å²) in [7, 11) is 1.81. The average Bonchev–Trinajstić information content (AvgIpc) is 2.84. The molecule has 6 heteroatoms. The summed E-state index contributed by atoms with van der Waals surface area (Å²) >= 11 is 0.